The molecule has 1 aromatic carbocycles. The number of hydrogen-bond acceptors (Lipinski definition) is 6. The maximum Gasteiger partial charge on any atom is 0.270 e. The van der Waals surface area contributed by atoms with Gasteiger partial charge in [-0.3, -0.25) is 4.79 Å². The van der Waals surface area contributed by atoms with Gasteiger partial charge in [-0.15, -0.1) is 0 Å². The van der Waals surface area contributed by atoms with Crippen molar-refractivity contribution in [3.05, 3.63) is 36.0 Å². The van der Waals surface area contributed by atoms with Crippen LogP contribution in [-0.2, 0) is 0 Å². The predicted octanol–water partition coefficient (Wildman–Crippen LogP) is -0.737. The minimum absolute atomic E-state index is 0.0472. The molecule has 0 radical (unpaired) electrons. The number of benzene rings is 1. The second kappa shape index (κ2) is 6.04. The third kappa shape index (κ3) is 2.94. The Labute approximate surface area is 121 Å². The maximum absolute atomic E-state index is 12.2. The Morgan fingerprint density at radius 2 is 1.81 bits per heavy atom. The van der Waals surface area contributed by atoms with Crippen molar-refractivity contribution < 1.29 is 20.1 Å². The minimum Gasteiger partial charge on any atom is -0.398 e. The van der Waals surface area contributed by atoms with Crippen molar-refractivity contribution in [2.45, 2.75) is 5.54 Å². The number of nitrogens with two attached hydrogens (primary N) is 1. The largest absolute Gasteiger partial charge is 0.398 e. The smallest absolute Gasteiger partial charge is 0.270 e. The van der Waals surface area contributed by atoms with Gasteiger partial charge in [0.05, 0.1) is 25.3 Å². The fraction of sp³-hybridized carbons (Fsp3) is 0.286. The highest BCUT2D eigenvalue weighted by molar-refractivity contribution is 5.99. The first kappa shape index (κ1) is 15.2. The Hall–Kier alpha value is -2.22. The maximum atomic E-state index is 12.2. The molecule has 0 spiro atoms. The molecule has 0 fully saturated rings. The van der Waals surface area contributed by atoms with Crippen LogP contribution in [0.3, 0.4) is 0 Å². The van der Waals surface area contributed by atoms with Crippen LogP contribution in [0.2, 0.25) is 0 Å². The molecule has 0 atom stereocenters. The molecule has 0 aliphatic rings. The van der Waals surface area contributed by atoms with Crippen molar-refractivity contribution in [1.82, 2.24) is 10.3 Å². The SMILES string of the molecule is Nc1cc(C(=O)NC(CO)(CO)CO)nc2ccccc12. The number of carbonyl (C=O) groups is 1. The van der Waals surface area contributed by atoms with E-state index in [1.165, 1.54) is 6.07 Å². The van der Waals surface area contributed by atoms with E-state index in [0.29, 0.717) is 11.2 Å². The summed E-state index contributed by atoms with van der Waals surface area (Å²) in [6.45, 7) is -1.81. The summed E-state index contributed by atoms with van der Waals surface area (Å²) in [5.74, 6) is -0.635. The number of rotatable bonds is 5. The van der Waals surface area contributed by atoms with Gasteiger partial charge in [0, 0.05) is 11.1 Å². The van der Waals surface area contributed by atoms with Crippen LogP contribution >= 0.6 is 0 Å². The third-order valence-electron chi connectivity index (χ3n) is 3.27. The molecule has 0 unspecified atom stereocenters. The van der Waals surface area contributed by atoms with Crippen molar-refractivity contribution in [2.24, 2.45) is 0 Å². The number of aliphatic hydroxyl groups excluding tert-OH is 3. The Morgan fingerprint density at radius 3 is 2.43 bits per heavy atom. The van der Waals surface area contributed by atoms with Crippen LogP contribution in [0.25, 0.3) is 10.9 Å². The van der Waals surface area contributed by atoms with Crippen molar-refractivity contribution in [1.29, 1.82) is 0 Å². The first-order valence-corrected chi connectivity index (χ1v) is 6.35. The Bertz CT molecular complexity index is 647. The zero-order valence-corrected chi connectivity index (χ0v) is 11.3. The van der Waals surface area contributed by atoms with E-state index >= 15 is 0 Å². The molecule has 0 saturated carbocycles. The summed E-state index contributed by atoms with van der Waals surface area (Å²) in [5, 5.41) is 30.8. The summed E-state index contributed by atoms with van der Waals surface area (Å²) < 4.78 is 0. The van der Waals surface area contributed by atoms with E-state index in [2.05, 4.69) is 10.3 Å². The lowest BCUT2D eigenvalue weighted by Gasteiger charge is -2.28. The molecule has 112 valence electrons. The molecule has 21 heavy (non-hydrogen) atoms. The van der Waals surface area contributed by atoms with Gasteiger partial charge in [0.25, 0.3) is 5.91 Å². The molecule has 7 heteroatoms. The van der Waals surface area contributed by atoms with Crippen LogP contribution in [0.4, 0.5) is 5.69 Å². The van der Waals surface area contributed by atoms with E-state index in [-0.39, 0.29) is 5.69 Å². The van der Waals surface area contributed by atoms with Gasteiger partial charge >= 0.3 is 0 Å². The molecule has 2 rings (SSSR count). The standard InChI is InChI=1S/C14H17N3O4/c15-10-5-12(16-11-4-2-1-3-9(10)11)13(21)17-14(6-18,7-19)8-20/h1-5,18-20H,6-8H2,(H2,15,16)(H,17,21). The predicted molar refractivity (Wildman–Crippen MR) is 77.6 cm³/mol. The fourth-order valence-electron chi connectivity index (χ4n) is 1.89. The highest BCUT2D eigenvalue weighted by atomic mass is 16.3. The molecule has 1 aromatic heterocycles. The molecule has 1 amide bonds. The number of aliphatic hydroxyl groups is 3. The van der Waals surface area contributed by atoms with E-state index in [0.717, 1.165) is 5.39 Å². The van der Waals surface area contributed by atoms with Crippen LogP contribution in [0.15, 0.2) is 30.3 Å². The van der Waals surface area contributed by atoms with Crippen LogP contribution in [0.5, 0.6) is 0 Å². The quantitative estimate of drug-likeness (QED) is 0.493. The minimum atomic E-state index is -1.50. The highest BCUT2D eigenvalue weighted by Gasteiger charge is 2.30. The second-order valence-electron chi connectivity index (χ2n) is 4.82. The molecular weight excluding hydrogens is 274 g/mol. The second-order valence-corrected chi connectivity index (χ2v) is 4.82. The summed E-state index contributed by atoms with van der Waals surface area (Å²) >= 11 is 0. The average molecular weight is 291 g/mol. The zero-order chi connectivity index (χ0) is 15.5. The molecule has 1 heterocycles. The highest BCUT2D eigenvalue weighted by Crippen LogP contribution is 2.20. The molecule has 0 bridgehead atoms. The molecular formula is C14H17N3O4. The monoisotopic (exact) mass is 291 g/mol. The number of para-hydroxylation sites is 1. The van der Waals surface area contributed by atoms with Gasteiger partial charge in [0.2, 0.25) is 0 Å². The first-order chi connectivity index (χ1) is 10.0. The van der Waals surface area contributed by atoms with Crippen molar-refractivity contribution in [3.8, 4) is 0 Å². The molecule has 0 aliphatic heterocycles. The number of aromatic nitrogens is 1. The van der Waals surface area contributed by atoms with Crippen molar-refractivity contribution >= 4 is 22.5 Å². The third-order valence-corrected chi connectivity index (χ3v) is 3.27. The van der Waals surface area contributed by atoms with Gasteiger partial charge in [-0.05, 0) is 12.1 Å². The average Bonchev–Trinajstić information content (AvgIpc) is 2.52. The molecule has 6 N–H and O–H groups in total. The number of fused-ring (bicyclic) bond motifs is 1. The topological polar surface area (TPSA) is 129 Å². The molecule has 2 aromatic rings. The van der Waals surface area contributed by atoms with Crippen molar-refractivity contribution in [2.75, 3.05) is 25.6 Å². The Balaban J connectivity index is 2.35. The van der Waals surface area contributed by atoms with E-state index in [1.807, 2.05) is 6.07 Å². The van der Waals surface area contributed by atoms with E-state index < -0.39 is 31.3 Å². The number of nitrogens with zero attached hydrogens (tertiary/aromatic N) is 1. The normalized spacial score (nSPS) is 11.6. The van der Waals surface area contributed by atoms with E-state index in [9.17, 15) is 20.1 Å². The summed E-state index contributed by atoms with van der Waals surface area (Å²) in [6, 6.07) is 8.51. The van der Waals surface area contributed by atoms with Gasteiger partial charge in [-0.2, -0.15) is 0 Å². The number of amides is 1. The number of hydrogen-bond donors (Lipinski definition) is 5. The Kier molecular flexibility index (Phi) is 4.37. The zero-order valence-electron chi connectivity index (χ0n) is 11.3. The molecule has 0 saturated heterocycles. The lowest BCUT2D eigenvalue weighted by atomic mass is 10.0. The van der Waals surface area contributed by atoms with Gasteiger partial charge in [0.15, 0.2) is 0 Å². The number of anilines is 1. The summed E-state index contributed by atoms with van der Waals surface area (Å²) in [5.41, 5.74) is 5.39. The molecule has 7 nitrogen and oxygen atoms in total. The van der Waals surface area contributed by atoms with E-state index in [1.54, 1.807) is 18.2 Å². The summed E-state index contributed by atoms with van der Waals surface area (Å²) in [4.78, 5) is 16.4. The number of nitrogen functional groups attached to an aromatic ring is 1. The van der Waals surface area contributed by atoms with Crippen LogP contribution in [-0.4, -0.2) is 51.6 Å². The fourth-order valence-corrected chi connectivity index (χ4v) is 1.89. The number of pyridine rings is 1. The molecule has 0 aliphatic carbocycles. The van der Waals surface area contributed by atoms with Crippen molar-refractivity contribution in [3.63, 3.8) is 0 Å². The number of nitrogens with one attached hydrogen (secondary N) is 1. The van der Waals surface area contributed by atoms with Crippen LogP contribution in [0.1, 0.15) is 10.5 Å². The van der Waals surface area contributed by atoms with Gasteiger partial charge < -0.3 is 26.4 Å². The Morgan fingerprint density at radius 1 is 1.19 bits per heavy atom. The van der Waals surface area contributed by atoms with E-state index in [4.69, 9.17) is 5.73 Å². The first-order valence-electron chi connectivity index (χ1n) is 6.35. The number of carbonyl (C=O) groups excluding carboxylic acids is 1. The van der Waals surface area contributed by atoms with Gasteiger partial charge in [-0.1, -0.05) is 18.2 Å². The van der Waals surface area contributed by atoms with Crippen LogP contribution in [0, 0.1) is 0 Å². The summed E-state index contributed by atoms with van der Waals surface area (Å²) in [6.07, 6.45) is 0. The van der Waals surface area contributed by atoms with Crippen LogP contribution < -0.4 is 11.1 Å². The lowest BCUT2D eigenvalue weighted by Crippen LogP contribution is -2.57. The van der Waals surface area contributed by atoms with Gasteiger partial charge in [0.1, 0.15) is 11.2 Å². The van der Waals surface area contributed by atoms with Gasteiger partial charge in [-0.25, -0.2) is 4.98 Å². The summed E-state index contributed by atoms with van der Waals surface area (Å²) in [7, 11) is 0. The lowest BCUT2D eigenvalue weighted by molar-refractivity contribution is 0.0373.